The van der Waals surface area contributed by atoms with Gasteiger partial charge in [0, 0.05) is 23.9 Å². The van der Waals surface area contributed by atoms with Gasteiger partial charge in [-0.25, -0.2) is 4.98 Å². The number of halogens is 1. The predicted molar refractivity (Wildman–Crippen MR) is 72.2 cm³/mol. The maximum absolute atomic E-state index is 13.0. The summed E-state index contributed by atoms with van der Waals surface area (Å²) in [7, 11) is 0. The maximum atomic E-state index is 13.0. The van der Waals surface area contributed by atoms with Crippen molar-refractivity contribution in [2.24, 2.45) is 11.8 Å². The van der Waals surface area contributed by atoms with Crippen molar-refractivity contribution in [1.82, 2.24) is 10.3 Å². The van der Waals surface area contributed by atoms with Gasteiger partial charge < -0.3 is 5.32 Å². The molecule has 4 heteroatoms. The van der Waals surface area contributed by atoms with Gasteiger partial charge >= 0.3 is 0 Å². The normalized spacial score (nSPS) is 27.0. The number of amides is 1. The van der Waals surface area contributed by atoms with Gasteiger partial charge in [0.1, 0.15) is 0 Å². The predicted octanol–water partition coefficient (Wildman–Crippen LogP) is 3.17. The fourth-order valence-corrected chi connectivity index (χ4v) is 3.03. The molecule has 0 radical (unpaired) electrons. The minimum atomic E-state index is -0.615. The third-order valence-electron chi connectivity index (χ3n) is 4.30. The quantitative estimate of drug-likeness (QED) is 0.852. The molecule has 0 spiro atoms. The topological polar surface area (TPSA) is 42.0 Å². The molecule has 1 heterocycles. The van der Waals surface area contributed by atoms with E-state index in [-0.39, 0.29) is 11.9 Å². The third-order valence-corrected chi connectivity index (χ3v) is 4.30. The summed E-state index contributed by atoms with van der Waals surface area (Å²) in [6.45, 7) is 4.40. The minimum absolute atomic E-state index is 0.197. The molecule has 1 fully saturated rings. The Morgan fingerprint density at radius 1 is 1.53 bits per heavy atom. The smallest absolute Gasteiger partial charge is 0.251 e. The van der Waals surface area contributed by atoms with Crippen LogP contribution in [0.1, 0.15) is 49.9 Å². The Hall–Kier alpha value is -1.45. The molecule has 3 atom stereocenters. The lowest BCUT2D eigenvalue weighted by Gasteiger charge is -2.36. The van der Waals surface area contributed by atoms with E-state index in [1.807, 2.05) is 0 Å². The summed E-state index contributed by atoms with van der Waals surface area (Å²) in [5, 5.41) is 3.04. The van der Waals surface area contributed by atoms with E-state index in [0.717, 1.165) is 19.3 Å². The van der Waals surface area contributed by atoms with Gasteiger partial charge in [0.15, 0.2) is 0 Å². The van der Waals surface area contributed by atoms with Crippen molar-refractivity contribution in [1.29, 1.82) is 0 Å². The van der Waals surface area contributed by atoms with E-state index < -0.39 is 5.95 Å². The molecule has 3 unspecified atom stereocenters. The number of hydrogen-bond donors (Lipinski definition) is 1. The summed E-state index contributed by atoms with van der Waals surface area (Å²) < 4.78 is 13.0. The highest BCUT2D eigenvalue weighted by Gasteiger charge is 2.29. The van der Waals surface area contributed by atoms with Crippen LogP contribution in [0.3, 0.4) is 0 Å². The summed E-state index contributed by atoms with van der Waals surface area (Å²) in [6, 6.07) is 2.92. The molecule has 1 amide bonds. The van der Waals surface area contributed by atoms with Crippen LogP contribution in [0.2, 0.25) is 0 Å². The highest BCUT2D eigenvalue weighted by molar-refractivity contribution is 5.94. The van der Waals surface area contributed by atoms with Crippen molar-refractivity contribution in [3.05, 3.63) is 29.8 Å². The van der Waals surface area contributed by atoms with Crippen molar-refractivity contribution in [2.75, 3.05) is 0 Å². The van der Waals surface area contributed by atoms with Gasteiger partial charge in [-0.1, -0.05) is 33.1 Å². The molecule has 1 saturated carbocycles. The number of rotatable bonds is 3. The second kappa shape index (κ2) is 6.13. The molecule has 19 heavy (non-hydrogen) atoms. The highest BCUT2D eigenvalue weighted by Crippen LogP contribution is 2.32. The molecule has 1 aliphatic rings. The van der Waals surface area contributed by atoms with Crippen LogP contribution >= 0.6 is 0 Å². The average molecular weight is 264 g/mol. The molecule has 1 N–H and O–H groups in total. The standard InChI is InChI=1S/C15H21FN2O/c1-3-11-5-4-6-13(10(11)2)18-15(19)12-7-8-17-14(16)9-12/h7-11,13H,3-6H2,1-2H3,(H,18,19). The van der Waals surface area contributed by atoms with E-state index >= 15 is 0 Å². The summed E-state index contributed by atoms with van der Waals surface area (Å²) >= 11 is 0. The van der Waals surface area contributed by atoms with E-state index in [2.05, 4.69) is 24.1 Å². The molecule has 1 aromatic heterocycles. The fraction of sp³-hybridized carbons (Fsp3) is 0.600. The number of hydrogen-bond acceptors (Lipinski definition) is 2. The molecule has 1 aliphatic carbocycles. The first kappa shape index (κ1) is 14.0. The van der Waals surface area contributed by atoms with Gasteiger partial charge in [-0.2, -0.15) is 4.39 Å². The Bertz CT molecular complexity index is 450. The van der Waals surface area contributed by atoms with Crippen LogP contribution in [0.5, 0.6) is 0 Å². The molecule has 0 bridgehead atoms. The molecule has 0 aliphatic heterocycles. The van der Waals surface area contributed by atoms with E-state index in [0.29, 0.717) is 17.4 Å². The molecular weight excluding hydrogens is 243 g/mol. The first-order valence-electron chi connectivity index (χ1n) is 7.04. The Morgan fingerprint density at radius 3 is 3.00 bits per heavy atom. The van der Waals surface area contributed by atoms with Gasteiger partial charge in [0.05, 0.1) is 0 Å². The zero-order valence-corrected chi connectivity index (χ0v) is 11.5. The second-order valence-electron chi connectivity index (χ2n) is 5.41. The summed E-state index contributed by atoms with van der Waals surface area (Å²) in [4.78, 5) is 15.6. The first-order chi connectivity index (χ1) is 9.11. The number of nitrogens with one attached hydrogen (secondary N) is 1. The largest absolute Gasteiger partial charge is 0.349 e. The molecule has 104 valence electrons. The van der Waals surface area contributed by atoms with Crippen molar-refractivity contribution < 1.29 is 9.18 Å². The number of aromatic nitrogens is 1. The van der Waals surface area contributed by atoms with Crippen LogP contribution in [-0.4, -0.2) is 16.9 Å². The molecule has 2 rings (SSSR count). The van der Waals surface area contributed by atoms with Gasteiger partial charge in [-0.3, -0.25) is 4.79 Å². The van der Waals surface area contributed by atoms with E-state index in [1.54, 1.807) is 6.07 Å². The fourth-order valence-electron chi connectivity index (χ4n) is 3.03. The second-order valence-corrected chi connectivity index (χ2v) is 5.41. The summed E-state index contributed by atoms with van der Waals surface area (Å²) in [5.74, 6) is 0.341. The van der Waals surface area contributed by atoms with Crippen LogP contribution in [0.15, 0.2) is 18.3 Å². The number of nitrogens with zero attached hydrogens (tertiary/aromatic N) is 1. The molecule has 0 saturated heterocycles. The SMILES string of the molecule is CCC1CCCC(NC(=O)c2ccnc(F)c2)C1C. The Kier molecular flexibility index (Phi) is 4.51. The molecule has 3 nitrogen and oxygen atoms in total. The summed E-state index contributed by atoms with van der Waals surface area (Å²) in [5.41, 5.74) is 0.346. The Labute approximate surface area is 113 Å². The first-order valence-corrected chi connectivity index (χ1v) is 7.04. The third kappa shape index (κ3) is 3.31. The van der Waals surface area contributed by atoms with Crippen LogP contribution in [0, 0.1) is 17.8 Å². The van der Waals surface area contributed by atoms with E-state index in [9.17, 15) is 9.18 Å². The Morgan fingerprint density at radius 2 is 2.32 bits per heavy atom. The number of carbonyl (C=O) groups excluding carboxylic acids is 1. The zero-order valence-electron chi connectivity index (χ0n) is 11.5. The highest BCUT2D eigenvalue weighted by atomic mass is 19.1. The van der Waals surface area contributed by atoms with Gasteiger partial charge in [0.2, 0.25) is 5.95 Å². The maximum Gasteiger partial charge on any atom is 0.251 e. The zero-order chi connectivity index (χ0) is 13.8. The molecule has 1 aromatic rings. The van der Waals surface area contributed by atoms with Crippen molar-refractivity contribution >= 4 is 5.91 Å². The van der Waals surface area contributed by atoms with Crippen LogP contribution < -0.4 is 5.32 Å². The average Bonchev–Trinajstić information content (AvgIpc) is 2.41. The van der Waals surface area contributed by atoms with Crippen LogP contribution in [0.25, 0.3) is 0 Å². The minimum Gasteiger partial charge on any atom is -0.349 e. The molecule has 0 aromatic carbocycles. The monoisotopic (exact) mass is 264 g/mol. The van der Waals surface area contributed by atoms with Gasteiger partial charge in [0.25, 0.3) is 5.91 Å². The van der Waals surface area contributed by atoms with Crippen molar-refractivity contribution in [3.63, 3.8) is 0 Å². The van der Waals surface area contributed by atoms with Crippen molar-refractivity contribution in [2.45, 2.75) is 45.6 Å². The van der Waals surface area contributed by atoms with Crippen molar-refractivity contribution in [3.8, 4) is 0 Å². The lowest BCUT2D eigenvalue weighted by atomic mass is 9.75. The van der Waals surface area contributed by atoms with Crippen LogP contribution in [-0.2, 0) is 0 Å². The number of pyridine rings is 1. The number of carbonyl (C=O) groups is 1. The lowest BCUT2D eigenvalue weighted by molar-refractivity contribution is 0.0882. The molecular formula is C15H21FN2O. The van der Waals surface area contributed by atoms with Gasteiger partial charge in [-0.15, -0.1) is 0 Å². The Balaban J connectivity index is 2.02. The summed E-state index contributed by atoms with van der Waals surface area (Å²) in [6.07, 6.45) is 5.88. The van der Waals surface area contributed by atoms with E-state index in [4.69, 9.17) is 0 Å². The van der Waals surface area contributed by atoms with Crippen LogP contribution in [0.4, 0.5) is 4.39 Å². The lowest BCUT2D eigenvalue weighted by Crippen LogP contribution is -2.44. The van der Waals surface area contributed by atoms with E-state index in [1.165, 1.54) is 18.7 Å². The van der Waals surface area contributed by atoms with Gasteiger partial charge in [-0.05, 0) is 24.3 Å².